The van der Waals surface area contributed by atoms with Crippen LogP contribution in [-0.2, 0) is 27.1 Å². The Hall–Kier alpha value is -6.17. The van der Waals surface area contributed by atoms with E-state index in [0.29, 0.717) is 33.0 Å². The Morgan fingerprint density at radius 1 is 0.361 bits per heavy atom. The maximum Gasteiger partial charge on any atom is 0.586 e. The van der Waals surface area contributed by atoms with Gasteiger partial charge in [-0.15, -0.1) is 8.78 Å². The van der Waals surface area contributed by atoms with Crippen LogP contribution in [0.5, 0.6) is 51.7 Å². The fraction of sp³-hybridized carbons (Fsp3) is 0.483. The van der Waals surface area contributed by atoms with Crippen LogP contribution in [-0.4, -0.2) is 51.9 Å². The molecule has 5 aromatic rings. The van der Waals surface area contributed by atoms with Crippen molar-refractivity contribution in [3.8, 4) is 51.7 Å². The van der Waals surface area contributed by atoms with Crippen molar-refractivity contribution in [2.45, 2.75) is 150 Å². The fourth-order valence-corrected chi connectivity index (χ4v) is 7.65. The summed E-state index contributed by atoms with van der Waals surface area (Å²) in [5.74, 6) is 6.36. The van der Waals surface area contributed by atoms with E-state index in [2.05, 4.69) is 129 Å². The molecule has 390 valence electrons. The monoisotopic (exact) mass is 995 g/mol. The summed E-state index contributed by atoms with van der Waals surface area (Å²) < 4.78 is 72.4. The van der Waals surface area contributed by atoms with E-state index in [1.807, 2.05) is 57.2 Å². The predicted molar refractivity (Wildman–Crippen MR) is 279 cm³/mol. The second kappa shape index (κ2) is 21.9. The molecule has 0 N–H and O–H groups in total. The summed E-state index contributed by atoms with van der Waals surface area (Å²) in [6.07, 6.45) is -2.07. The van der Waals surface area contributed by atoms with Gasteiger partial charge in [-0.2, -0.15) is 0 Å². The lowest BCUT2D eigenvalue weighted by Gasteiger charge is -2.23. The van der Waals surface area contributed by atoms with E-state index in [4.69, 9.17) is 33.2 Å². The summed E-state index contributed by atoms with van der Waals surface area (Å²) in [7, 11) is 0. The van der Waals surface area contributed by atoms with Crippen LogP contribution < -0.4 is 42.6 Å². The molecule has 0 saturated carbocycles. The molecule has 0 aliphatic carbocycles. The minimum atomic E-state index is -3.53. The first kappa shape index (κ1) is 55.1. The minimum absolute atomic E-state index is 0.0761. The molecule has 12 heteroatoms. The zero-order valence-corrected chi connectivity index (χ0v) is 45.2. The Labute approximate surface area is 426 Å². The highest BCUT2D eigenvalue weighted by molar-refractivity contribution is 5.99. The highest BCUT2D eigenvalue weighted by Crippen LogP contribution is 2.43. The number of carbonyl (C=O) groups is 1. The Morgan fingerprint density at radius 3 is 1.15 bits per heavy atom. The smallest absolute Gasteiger partial charge is 0.492 e. The quantitative estimate of drug-likeness (QED) is 0.149. The number of benzene rings is 5. The average Bonchev–Trinajstić information content (AvgIpc) is 3.82. The van der Waals surface area contributed by atoms with Crippen molar-refractivity contribution in [2.75, 3.05) is 39.8 Å². The van der Waals surface area contributed by atoms with Crippen LogP contribution in [0.15, 0.2) is 91.0 Å². The van der Waals surface area contributed by atoms with Crippen LogP contribution >= 0.6 is 0 Å². The third kappa shape index (κ3) is 14.9. The average molecular weight is 995 g/mol. The van der Waals surface area contributed by atoms with Crippen LogP contribution in [0.25, 0.3) is 0 Å². The van der Waals surface area contributed by atoms with E-state index < -0.39 is 6.29 Å². The Morgan fingerprint density at radius 2 is 0.681 bits per heavy atom. The topological polar surface area (TPSA) is 100 Å². The summed E-state index contributed by atoms with van der Waals surface area (Å²) >= 11 is 0. The zero-order valence-electron chi connectivity index (χ0n) is 45.2. The van der Waals surface area contributed by atoms with Crippen LogP contribution in [0.4, 0.5) is 8.78 Å². The molecule has 0 aromatic heterocycles. The highest BCUT2D eigenvalue weighted by Gasteiger charge is 2.43. The molecule has 5 aromatic carbocycles. The number of ketones is 1. The molecule has 10 nitrogen and oxygen atoms in total. The molecular weight excluding hydrogens is 919 g/mol. The van der Waals surface area contributed by atoms with Gasteiger partial charge >= 0.3 is 6.29 Å². The Bertz CT molecular complexity index is 2660. The van der Waals surface area contributed by atoms with Crippen molar-refractivity contribution in [3.05, 3.63) is 124 Å². The molecule has 0 atom stereocenters. The molecule has 5 heterocycles. The molecular formula is C60H76F2O10. The molecule has 72 heavy (non-hydrogen) atoms. The number of ether oxygens (including phenoxy) is 9. The first-order valence-electron chi connectivity index (χ1n) is 24.9. The number of alkyl halides is 2. The van der Waals surface area contributed by atoms with Gasteiger partial charge < -0.3 is 42.6 Å². The molecule has 0 radical (unpaired) electrons. The molecule has 5 aliphatic rings. The molecule has 0 amide bonds. The molecule has 0 spiro atoms. The summed E-state index contributed by atoms with van der Waals surface area (Å²) in [5, 5.41) is 0. The van der Waals surface area contributed by atoms with Gasteiger partial charge in [-0.3, -0.25) is 4.79 Å². The summed E-state index contributed by atoms with van der Waals surface area (Å²) in [4.78, 5) is 11.7. The first-order chi connectivity index (χ1) is 33.5. The van der Waals surface area contributed by atoms with Gasteiger partial charge in [0.25, 0.3) is 0 Å². The second-order valence-corrected chi connectivity index (χ2v) is 23.5. The summed E-state index contributed by atoms with van der Waals surface area (Å²) in [5.41, 5.74) is 7.16. The van der Waals surface area contributed by atoms with Crippen molar-refractivity contribution in [2.24, 2.45) is 0 Å². The van der Waals surface area contributed by atoms with Gasteiger partial charge in [0, 0.05) is 12.8 Å². The van der Waals surface area contributed by atoms with Crippen molar-refractivity contribution in [3.63, 3.8) is 0 Å². The Kier molecular flexibility index (Phi) is 16.8. The van der Waals surface area contributed by atoms with Gasteiger partial charge in [-0.1, -0.05) is 134 Å². The highest BCUT2D eigenvalue weighted by atomic mass is 19.3. The second-order valence-electron chi connectivity index (χ2n) is 23.5. The van der Waals surface area contributed by atoms with Crippen LogP contribution in [0.2, 0.25) is 0 Å². The first-order valence-corrected chi connectivity index (χ1v) is 24.9. The van der Waals surface area contributed by atoms with Gasteiger partial charge in [-0.25, -0.2) is 0 Å². The van der Waals surface area contributed by atoms with E-state index in [-0.39, 0.29) is 44.4 Å². The summed E-state index contributed by atoms with van der Waals surface area (Å²) in [6.45, 7) is 35.8. The number of hydrogen-bond acceptors (Lipinski definition) is 10. The van der Waals surface area contributed by atoms with Crippen LogP contribution in [0, 0.1) is 0 Å². The van der Waals surface area contributed by atoms with E-state index in [0.717, 1.165) is 71.0 Å². The molecule has 0 bridgehead atoms. The maximum atomic E-state index is 12.7. The van der Waals surface area contributed by atoms with E-state index in [1.165, 1.54) is 28.3 Å². The normalized spacial score (nSPS) is 16.0. The number of halogens is 2. The molecule has 0 saturated heterocycles. The van der Waals surface area contributed by atoms with Crippen molar-refractivity contribution in [1.29, 1.82) is 0 Å². The number of hydrogen-bond donors (Lipinski definition) is 0. The molecule has 10 rings (SSSR count). The molecule has 5 aliphatic heterocycles. The number of fused-ring (bicyclic) bond motifs is 5. The van der Waals surface area contributed by atoms with E-state index >= 15 is 0 Å². The lowest BCUT2D eigenvalue weighted by molar-refractivity contribution is -0.286. The van der Waals surface area contributed by atoms with Gasteiger partial charge in [0.15, 0.2) is 51.8 Å². The zero-order chi connectivity index (χ0) is 52.9. The number of carbonyl (C=O) groups excluding carboxylic acids is 1. The third-order valence-corrected chi connectivity index (χ3v) is 12.3. The van der Waals surface area contributed by atoms with Gasteiger partial charge in [0.1, 0.15) is 19.0 Å². The minimum Gasteiger partial charge on any atom is -0.492 e. The fourth-order valence-electron chi connectivity index (χ4n) is 7.65. The van der Waals surface area contributed by atoms with Crippen molar-refractivity contribution < 1.29 is 56.2 Å². The van der Waals surface area contributed by atoms with Crippen molar-refractivity contribution in [1.82, 2.24) is 0 Å². The summed E-state index contributed by atoms with van der Waals surface area (Å²) in [6, 6.07) is 29.3. The standard InChI is InChI=1S/C13H18O2.C13H16O2.C12H16O2.C11H12F2O2.C11H14O2/c1-13(2,3)10-5-6-11-12(9-10)15-8-4-7-14-11;1-13(2,3)9-4-5-12-10(8-9)11(14)6-7-15-12;1-12(2,3)9-4-5-10-11(8-9)14-7-6-13-10;1-10(2,3)7-4-5-8-9(6-7)15-11(12,13)14-8;1-11(2,3)8-4-5-9-10(6-8)13-7-12-9/h5-6,9H,4,7-8H2,1-3H3;4-5,8H,6-7H2,1-3H3;4-5,8H,6-7H2,1-3H3;4-6H,1-3H3;4-6H,7H2,1-3H3. The lowest BCUT2D eigenvalue weighted by atomic mass is 9.85. The van der Waals surface area contributed by atoms with E-state index in [1.54, 1.807) is 12.1 Å². The van der Waals surface area contributed by atoms with Gasteiger partial charge in [0.2, 0.25) is 6.79 Å². The largest absolute Gasteiger partial charge is 0.586 e. The lowest BCUT2D eigenvalue weighted by Crippen LogP contribution is -2.25. The van der Waals surface area contributed by atoms with Gasteiger partial charge in [0.05, 0.1) is 25.4 Å². The predicted octanol–water partition coefficient (Wildman–Crippen LogP) is 14.9. The number of Topliss-reactive ketones (excluding diaryl/α,β-unsaturated/α-hetero) is 1. The maximum absolute atomic E-state index is 12.7. The van der Waals surface area contributed by atoms with Gasteiger partial charge in [-0.05, 0) is 116 Å². The van der Waals surface area contributed by atoms with E-state index in [9.17, 15) is 13.6 Å². The molecule has 0 fully saturated rings. The van der Waals surface area contributed by atoms with Crippen LogP contribution in [0.1, 0.15) is 155 Å². The third-order valence-electron chi connectivity index (χ3n) is 12.3. The Balaban J connectivity index is 0.000000147. The van der Waals surface area contributed by atoms with Crippen molar-refractivity contribution >= 4 is 5.78 Å². The SMILES string of the molecule is CC(C)(C)c1ccc2c(c1)C(=O)CCO2.CC(C)(C)c1ccc2c(c1)OC(F)(F)O2.CC(C)(C)c1ccc2c(c1)OCCCO2.CC(C)(C)c1ccc2c(c1)OCCO2.CC(C)(C)c1ccc2c(c1)OCO2. The number of rotatable bonds is 0. The molecule has 0 unspecified atom stereocenters. The van der Waals surface area contributed by atoms with Crippen LogP contribution in [0.3, 0.4) is 0 Å².